The van der Waals surface area contributed by atoms with E-state index in [0.29, 0.717) is 11.3 Å². The number of rotatable bonds is 11. The highest BCUT2D eigenvalue weighted by Gasteiger charge is 2.28. The van der Waals surface area contributed by atoms with Crippen molar-refractivity contribution in [1.82, 2.24) is 4.72 Å². The molecule has 3 N–H and O–H groups in total. The summed E-state index contributed by atoms with van der Waals surface area (Å²) in [7, 11) is -3.98. The number of sulfonamides is 1. The van der Waals surface area contributed by atoms with Crippen LogP contribution in [0.3, 0.4) is 0 Å². The monoisotopic (exact) mass is 508 g/mol. The molecule has 3 rings (SSSR count). The van der Waals surface area contributed by atoms with Gasteiger partial charge in [-0.1, -0.05) is 63.6 Å². The van der Waals surface area contributed by atoms with E-state index in [1.54, 1.807) is 38.1 Å². The van der Waals surface area contributed by atoms with Crippen LogP contribution < -0.4 is 10.0 Å². The highest BCUT2D eigenvalue weighted by Crippen LogP contribution is 2.24. The SMILES string of the molecule is CCCCc1ccc(C(=O)Nc2ccc(-c3ccc(S(=O)(=O)N[C@H](C(=O)O)C(C)C)cc3)cc2)cc1. The third kappa shape index (κ3) is 7.02. The summed E-state index contributed by atoms with van der Waals surface area (Å²) < 4.78 is 27.5. The first-order chi connectivity index (χ1) is 17.1. The van der Waals surface area contributed by atoms with Gasteiger partial charge in [0.1, 0.15) is 6.04 Å². The molecule has 0 saturated carbocycles. The van der Waals surface area contributed by atoms with Gasteiger partial charge in [0.2, 0.25) is 10.0 Å². The number of carboxylic acid groups (broad SMARTS) is 1. The normalized spacial score (nSPS) is 12.3. The van der Waals surface area contributed by atoms with Gasteiger partial charge in [-0.15, -0.1) is 0 Å². The van der Waals surface area contributed by atoms with E-state index >= 15 is 0 Å². The topological polar surface area (TPSA) is 113 Å². The quantitative estimate of drug-likeness (QED) is 0.324. The van der Waals surface area contributed by atoms with Crippen molar-refractivity contribution < 1.29 is 23.1 Å². The third-order valence-electron chi connectivity index (χ3n) is 5.89. The number of unbranched alkanes of at least 4 members (excludes halogenated alkanes) is 1. The molecule has 0 aliphatic heterocycles. The van der Waals surface area contributed by atoms with Crippen LogP contribution in [0, 0.1) is 5.92 Å². The van der Waals surface area contributed by atoms with Gasteiger partial charge in [-0.2, -0.15) is 4.72 Å². The molecule has 0 aliphatic carbocycles. The van der Waals surface area contributed by atoms with Crippen molar-refractivity contribution in [1.29, 1.82) is 0 Å². The third-order valence-corrected chi connectivity index (χ3v) is 7.35. The molecule has 1 amide bonds. The lowest BCUT2D eigenvalue weighted by molar-refractivity contribution is -0.140. The van der Waals surface area contributed by atoms with E-state index in [4.69, 9.17) is 0 Å². The number of hydrogen-bond donors (Lipinski definition) is 3. The van der Waals surface area contributed by atoms with Gasteiger partial charge in [-0.3, -0.25) is 9.59 Å². The van der Waals surface area contributed by atoms with Gasteiger partial charge in [0.15, 0.2) is 0 Å². The van der Waals surface area contributed by atoms with E-state index in [0.717, 1.165) is 30.4 Å². The number of carboxylic acids is 1. The second-order valence-electron chi connectivity index (χ2n) is 9.04. The minimum atomic E-state index is -3.98. The second kappa shape index (κ2) is 12.0. The van der Waals surface area contributed by atoms with Crippen LogP contribution in [0.25, 0.3) is 11.1 Å². The predicted molar refractivity (Wildman–Crippen MR) is 141 cm³/mol. The number of anilines is 1. The van der Waals surface area contributed by atoms with Crippen molar-refractivity contribution in [2.75, 3.05) is 5.32 Å². The molecule has 0 aliphatic rings. The van der Waals surface area contributed by atoms with Crippen molar-refractivity contribution in [3.8, 4) is 11.1 Å². The zero-order valence-corrected chi connectivity index (χ0v) is 21.5. The van der Waals surface area contributed by atoms with Crippen molar-refractivity contribution in [2.24, 2.45) is 5.92 Å². The lowest BCUT2D eigenvalue weighted by Crippen LogP contribution is -2.44. The Hall–Kier alpha value is -3.49. The summed E-state index contributed by atoms with van der Waals surface area (Å²) >= 11 is 0. The second-order valence-corrected chi connectivity index (χ2v) is 10.8. The van der Waals surface area contributed by atoms with Gasteiger partial charge < -0.3 is 10.4 Å². The number of hydrogen-bond acceptors (Lipinski definition) is 4. The molecule has 190 valence electrons. The fourth-order valence-electron chi connectivity index (χ4n) is 3.69. The Morgan fingerprint density at radius 3 is 1.92 bits per heavy atom. The highest BCUT2D eigenvalue weighted by atomic mass is 32.2. The van der Waals surface area contributed by atoms with Gasteiger partial charge in [0.05, 0.1) is 4.90 Å². The molecule has 0 spiro atoms. The van der Waals surface area contributed by atoms with Gasteiger partial charge in [-0.05, 0) is 71.8 Å². The van der Waals surface area contributed by atoms with E-state index in [2.05, 4.69) is 17.0 Å². The average Bonchev–Trinajstić information content (AvgIpc) is 2.86. The van der Waals surface area contributed by atoms with E-state index in [9.17, 15) is 23.1 Å². The van der Waals surface area contributed by atoms with Crippen molar-refractivity contribution in [3.05, 3.63) is 83.9 Å². The molecule has 0 fully saturated rings. The van der Waals surface area contributed by atoms with Crippen molar-refractivity contribution >= 4 is 27.6 Å². The van der Waals surface area contributed by atoms with Crippen LogP contribution in [0.2, 0.25) is 0 Å². The zero-order chi connectivity index (χ0) is 26.3. The van der Waals surface area contributed by atoms with Crippen LogP contribution in [-0.2, 0) is 21.2 Å². The average molecular weight is 509 g/mol. The van der Waals surface area contributed by atoms with Gasteiger partial charge in [-0.25, -0.2) is 8.42 Å². The first-order valence-electron chi connectivity index (χ1n) is 12.0. The van der Waals surface area contributed by atoms with Crippen LogP contribution in [0.1, 0.15) is 49.5 Å². The van der Waals surface area contributed by atoms with Crippen LogP contribution in [0.4, 0.5) is 5.69 Å². The molecular weight excluding hydrogens is 476 g/mol. The van der Waals surface area contributed by atoms with Crippen LogP contribution in [0.5, 0.6) is 0 Å². The Balaban J connectivity index is 1.66. The number of aliphatic carboxylic acids is 1. The summed E-state index contributed by atoms with van der Waals surface area (Å²) in [6, 6.07) is 19.9. The minimum Gasteiger partial charge on any atom is -0.480 e. The molecule has 0 saturated heterocycles. The van der Waals surface area contributed by atoms with Crippen LogP contribution in [-0.4, -0.2) is 31.4 Å². The molecule has 8 heteroatoms. The van der Waals surface area contributed by atoms with E-state index in [-0.39, 0.29) is 10.8 Å². The van der Waals surface area contributed by atoms with E-state index in [1.165, 1.54) is 17.7 Å². The lowest BCUT2D eigenvalue weighted by Gasteiger charge is -2.18. The first kappa shape index (κ1) is 27.1. The maximum Gasteiger partial charge on any atom is 0.322 e. The van der Waals surface area contributed by atoms with E-state index in [1.807, 2.05) is 36.4 Å². The first-order valence-corrected chi connectivity index (χ1v) is 13.4. The molecule has 7 nitrogen and oxygen atoms in total. The van der Waals surface area contributed by atoms with Gasteiger partial charge in [0, 0.05) is 11.3 Å². The molecule has 0 radical (unpaired) electrons. The molecule has 0 bridgehead atoms. The van der Waals surface area contributed by atoms with Crippen molar-refractivity contribution in [3.63, 3.8) is 0 Å². The van der Waals surface area contributed by atoms with Gasteiger partial charge in [0.25, 0.3) is 5.91 Å². The van der Waals surface area contributed by atoms with Crippen LogP contribution >= 0.6 is 0 Å². The molecule has 0 heterocycles. The maximum atomic E-state index is 12.6. The fourth-order valence-corrected chi connectivity index (χ4v) is 5.02. The number of aryl methyl sites for hydroxylation is 1. The number of amides is 1. The lowest BCUT2D eigenvalue weighted by atomic mass is 10.0. The standard InChI is InChI=1S/C28H32N2O5S/c1-4-5-6-20-7-9-23(10-8-20)27(31)29-24-15-11-21(12-16-24)22-13-17-25(18-14-22)36(34,35)30-26(19(2)3)28(32)33/h7-19,26,30H,4-6H2,1-3H3,(H,29,31)(H,32,33)/t26-/m0/s1. The fraction of sp³-hybridized carbons (Fsp3) is 0.286. The summed E-state index contributed by atoms with van der Waals surface area (Å²) in [6.07, 6.45) is 3.25. The Morgan fingerprint density at radius 1 is 0.861 bits per heavy atom. The smallest absolute Gasteiger partial charge is 0.322 e. The predicted octanol–water partition coefficient (Wildman–Crippen LogP) is 5.34. The largest absolute Gasteiger partial charge is 0.480 e. The van der Waals surface area contributed by atoms with Gasteiger partial charge >= 0.3 is 5.97 Å². The molecule has 1 atom stereocenters. The Morgan fingerprint density at radius 2 is 1.42 bits per heavy atom. The summed E-state index contributed by atoms with van der Waals surface area (Å²) in [4.78, 5) is 23.9. The molecule has 0 aromatic heterocycles. The Bertz CT molecular complexity index is 1280. The van der Waals surface area contributed by atoms with Crippen molar-refractivity contribution in [2.45, 2.75) is 51.0 Å². The minimum absolute atomic E-state index is 0.0113. The number of nitrogens with one attached hydrogen (secondary N) is 2. The number of benzene rings is 3. The summed E-state index contributed by atoms with van der Waals surface area (Å²) in [5.41, 5.74) is 4.08. The molecule has 3 aromatic rings. The number of carbonyl (C=O) groups is 2. The van der Waals surface area contributed by atoms with Crippen LogP contribution in [0.15, 0.2) is 77.7 Å². The Labute approximate surface area is 212 Å². The molecule has 0 unspecified atom stereocenters. The highest BCUT2D eigenvalue weighted by molar-refractivity contribution is 7.89. The summed E-state index contributed by atoms with van der Waals surface area (Å²) in [5.74, 6) is -1.81. The summed E-state index contributed by atoms with van der Waals surface area (Å²) in [5, 5.41) is 12.2. The Kier molecular flexibility index (Phi) is 9.01. The molecule has 3 aromatic carbocycles. The molecular formula is C28H32N2O5S. The maximum absolute atomic E-state index is 12.6. The molecule has 36 heavy (non-hydrogen) atoms. The zero-order valence-electron chi connectivity index (χ0n) is 20.7. The summed E-state index contributed by atoms with van der Waals surface area (Å²) in [6.45, 7) is 5.43. The van der Waals surface area contributed by atoms with E-state index < -0.39 is 28.0 Å². The number of carbonyl (C=O) groups excluding carboxylic acids is 1.